The maximum absolute atomic E-state index is 12.0. The van der Waals surface area contributed by atoms with E-state index in [1.807, 2.05) is 73.5 Å². The molecule has 5 aromatic rings. The van der Waals surface area contributed by atoms with Gasteiger partial charge < -0.3 is 10.6 Å². The van der Waals surface area contributed by atoms with Crippen molar-refractivity contribution in [2.75, 3.05) is 11.9 Å². The van der Waals surface area contributed by atoms with E-state index in [1.165, 1.54) is 6.20 Å². The van der Waals surface area contributed by atoms with Gasteiger partial charge in [0.2, 0.25) is 5.78 Å². The first-order valence-electron chi connectivity index (χ1n) is 10.4. The Morgan fingerprint density at radius 3 is 2.55 bits per heavy atom. The Hall–Kier alpha value is -4.60. The number of nitrogens with zero attached hydrogens (tertiary/aromatic N) is 7. The zero-order valence-corrected chi connectivity index (χ0v) is 18.1. The van der Waals surface area contributed by atoms with E-state index in [2.05, 4.69) is 30.6 Å². The Morgan fingerprint density at radius 2 is 1.88 bits per heavy atom. The molecule has 0 fully saturated rings. The largest absolute Gasteiger partial charge is 0.364 e. The van der Waals surface area contributed by atoms with Crippen LogP contribution in [0.1, 0.15) is 23.1 Å². The van der Waals surface area contributed by atoms with Gasteiger partial charge in [0, 0.05) is 30.1 Å². The normalized spacial score (nSPS) is 11.1. The number of aromatic nitrogens is 7. The first-order valence-corrected chi connectivity index (χ1v) is 10.4. The smallest absolute Gasteiger partial charge is 0.267 e. The highest BCUT2D eigenvalue weighted by Gasteiger charge is 2.18. The maximum Gasteiger partial charge on any atom is 0.267 e. The van der Waals surface area contributed by atoms with Crippen LogP contribution >= 0.6 is 0 Å². The van der Waals surface area contributed by atoms with E-state index in [9.17, 15) is 4.79 Å². The van der Waals surface area contributed by atoms with E-state index >= 15 is 0 Å². The topological polar surface area (TPSA) is 131 Å². The standard InChI is InChI=1S/C23H21N9O/c1-3-15-12-20(32-19(21(24)33)13-25-23(32)26-15)31(2)16-10-8-14(9-11-16)17-6-4-5-7-18(17)22-27-29-30-28-22/h4-13H,3H2,1-2H3,(H2,24,33)(H,27,28,29,30). The summed E-state index contributed by atoms with van der Waals surface area (Å²) in [6, 6.07) is 18.0. The average Bonchev–Trinajstić information content (AvgIpc) is 3.53. The Bertz CT molecular complexity index is 1440. The van der Waals surface area contributed by atoms with Gasteiger partial charge in [0.25, 0.3) is 5.91 Å². The maximum atomic E-state index is 12.0. The molecule has 0 bridgehead atoms. The van der Waals surface area contributed by atoms with Gasteiger partial charge in [-0.15, -0.1) is 5.10 Å². The molecule has 1 amide bonds. The number of carbonyl (C=O) groups excluding carboxylic acids is 1. The van der Waals surface area contributed by atoms with Crippen molar-refractivity contribution >= 4 is 23.2 Å². The van der Waals surface area contributed by atoms with Crippen LogP contribution in [0.3, 0.4) is 0 Å². The summed E-state index contributed by atoms with van der Waals surface area (Å²) >= 11 is 0. The molecule has 0 spiro atoms. The highest BCUT2D eigenvalue weighted by molar-refractivity contribution is 5.92. The lowest BCUT2D eigenvalue weighted by atomic mass is 9.99. The lowest BCUT2D eigenvalue weighted by Crippen LogP contribution is -2.19. The van der Waals surface area contributed by atoms with Crippen LogP contribution < -0.4 is 10.6 Å². The minimum Gasteiger partial charge on any atom is -0.364 e. The van der Waals surface area contributed by atoms with E-state index in [0.717, 1.165) is 40.3 Å². The van der Waals surface area contributed by atoms with Gasteiger partial charge in [0.05, 0.1) is 6.20 Å². The summed E-state index contributed by atoms with van der Waals surface area (Å²) in [5, 5.41) is 14.2. The third-order valence-corrected chi connectivity index (χ3v) is 5.56. The molecule has 33 heavy (non-hydrogen) atoms. The molecule has 0 atom stereocenters. The molecule has 2 aromatic carbocycles. The fraction of sp³-hybridized carbons (Fsp3) is 0.130. The number of hydrogen-bond acceptors (Lipinski definition) is 7. The predicted octanol–water partition coefficient (Wildman–Crippen LogP) is 3.01. The Balaban J connectivity index is 1.56. The molecule has 0 saturated heterocycles. The SMILES string of the molecule is CCc1cc(N(C)c2ccc(-c3ccccc3-c3nnn[nH]3)cc2)n2c(C(N)=O)cnc2n1. The third-order valence-electron chi connectivity index (χ3n) is 5.56. The average molecular weight is 439 g/mol. The zero-order chi connectivity index (χ0) is 22.9. The van der Waals surface area contributed by atoms with Crippen LogP contribution in [0.4, 0.5) is 11.5 Å². The van der Waals surface area contributed by atoms with Gasteiger partial charge >= 0.3 is 0 Å². The van der Waals surface area contributed by atoms with Crippen LogP contribution in [0.5, 0.6) is 0 Å². The van der Waals surface area contributed by atoms with Gasteiger partial charge in [-0.25, -0.2) is 15.1 Å². The number of amides is 1. The summed E-state index contributed by atoms with van der Waals surface area (Å²) in [6.45, 7) is 2.02. The summed E-state index contributed by atoms with van der Waals surface area (Å²) in [5.41, 5.74) is 10.6. The monoisotopic (exact) mass is 439 g/mol. The fourth-order valence-electron chi connectivity index (χ4n) is 3.83. The molecule has 3 N–H and O–H groups in total. The van der Waals surface area contributed by atoms with Crippen molar-refractivity contribution in [2.24, 2.45) is 5.73 Å². The van der Waals surface area contributed by atoms with Crippen LogP contribution in [0.15, 0.2) is 60.8 Å². The quantitative estimate of drug-likeness (QED) is 0.416. The van der Waals surface area contributed by atoms with E-state index in [-0.39, 0.29) is 5.69 Å². The number of H-pyrrole nitrogens is 1. The summed E-state index contributed by atoms with van der Waals surface area (Å²) in [7, 11) is 1.93. The lowest BCUT2D eigenvalue weighted by molar-refractivity contribution is 0.0995. The molecule has 10 nitrogen and oxygen atoms in total. The van der Waals surface area contributed by atoms with E-state index in [4.69, 9.17) is 5.73 Å². The number of nitrogens with one attached hydrogen (secondary N) is 1. The Morgan fingerprint density at radius 1 is 1.12 bits per heavy atom. The fourth-order valence-corrected chi connectivity index (χ4v) is 3.83. The molecule has 10 heteroatoms. The second-order valence-corrected chi connectivity index (χ2v) is 7.50. The Kier molecular flexibility index (Phi) is 5.02. The van der Waals surface area contributed by atoms with E-state index in [0.29, 0.717) is 11.6 Å². The molecule has 0 saturated carbocycles. The van der Waals surface area contributed by atoms with Crippen molar-refractivity contribution in [1.29, 1.82) is 0 Å². The van der Waals surface area contributed by atoms with Crippen molar-refractivity contribution in [3.8, 4) is 22.5 Å². The number of hydrogen-bond donors (Lipinski definition) is 2. The number of nitrogens with two attached hydrogens (primary N) is 1. The van der Waals surface area contributed by atoms with Crippen LogP contribution in [0.2, 0.25) is 0 Å². The van der Waals surface area contributed by atoms with Crippen LogP contribution in [-0.4, -0.2) is 47.9 Å². The summed E-state index contributed by atoms with van der Waals surface area (Å²) in [4.78, 5) is 22.8. The lowest BCUT2D eigenvalue weighted by Gasteiger charge is -2.22. The predicted molar refractivity (Wildman–Crippen MR) is 124 cm³/mol. The van der Waals surface area contributed by atoms with Crippen molar-refractivity contribution in [3.63, 3.8) is 0 Å². The molecule has 0 aliphatic rings. The number of tetrazole rings is 1. The minimum atomic E-state index is -0.558. The number of primary amides is 1. The van der Waals surface area contributed by atoms with Crippen LogP contribution in [0, 0.1) is 0 Å². The van der Waals surface area contributed by atoms with Gasteiger partial charge in [0.1, 0.15) is 11.5 Å². The van der Waals surface area contributed by atoms with Gasteiger partial charge in [0.15, 0.2) is 5.82 Å². The molecular formula is C23H21N9O. The van der Waals surface area contributed by atoms with Gasteiger partial charge in [-0.3, -0.25) is 9.20 Å². The Labute approximate surface area is 189 Å². The molecule has 0 aliphatic carbocycles. The van der Waals surface area contributed by atoms with Crippen LogP contribution in [0.25, 0.3) is 28.3 Å². The number of fused-ring (bicyclic) bond motifs is 1. The molecule has 164 valence electrons. The molecule has 0 unspecified atom stereocenters. The van der Waals surface area contributed by atoms with Crippen molar-refractivity contribution < 1.29 is 4.79 Å². The van der Waals surface area contributed by atoms with Gasteiger partial charge in [-0.05, 0) is 40.1 Å². The highest BCUT2D eigenvalue weighted by Crippen LogP contribution is 2.32. The van der Waals surface area contributed by atoms with E-state index < -0.39 is 5.91 Å². The number of aromatic amines is 1. The summed E-state index contributed by atoms with van der Waals surface area (Å²) in [6.07, 6.45) is 2.20. The van der Waals surface area contributed by atoms with Gasteiger partial charge in [-0.1, -0.05) is 43.3 Å². The molecule has 0 aliphatic heterocycles. The number of carbonyl (C=O) groups is 1. The number of imidazole rings is 1. The number of rotatable bonds is 6. The molecular weight excluding hydrogens is 418 g/mol. The molecule has 0 radical (unpaired) electrons. The second kappa shape index (κ2) is 8.15. The second-order valence-electron chi connectivity index (χ2n) is 7.50. The first-order chi connectivity index (χ1) is 16.1. The molecule has 3 heterocycles. The molecule has 3 aromatic heterocycles. The highest BCUT2D eigenvalue weighted by atomic mass is 16.1. The van der Waals surface area contributed by atoms with Crippen molar-refractivity contribution in [3.05, 3.63) is 72.2 Å². The van der Waals surface area contributed by atoms with Crippen molar-refractivity contribution in [1.82, 2.24) is 35.0 Å². The third kappa shape index (κ3) is 3.57. The zero-order valence-electron chi connectivity index (χ0n) is 18.1. The summed E-state index contributed by atoms with van der Waals surface area (Å²) < 4.78 is 1.68. The minimum absolute atomic E-state index is 0.285. The van der Waals surface area contributed by atoms with Crippen molar-refractivity contribution in [2.45, 2.75) is 13.3 Å². The van der Waals surface area contributed by atoms with Gasteiger partial charge in [-0.2, -0.15) is 0 Å². The summed E-state index contributed by atoms with van der Waals surface area (Å²) in [5.74, 6) is 1.24. The van der Waals surface area contributed by atoms with Crippen LogP contribution in [-0.2, 0) is 6.42 Å². The molecule has 5 rings (SSSR count). The number of anilines is 2. The van der Waals surface area contributed by atoms with E-state index in [1.54, 1.807) is 4.40 Å². The first kappa shape index (κ1) is 20.3. The number of benzene rings is 2. The number of aryl methyl sites for hydroxylation is 1.